The predicted octanol–water partition coefficient (Wildman–Crippen LogP) is 5.99. The van der Waals surface area contributed by atoms with Crippen LogP contribution in [0.2, 0.25) is 0 Å². The molecular formula is C30H30BNO2. The lowest BCUT2D eigenvalue weighted by Crippen LogP contribution is -2.49. The van der Waals surface area contributed by atoms with Crippen molar-refractivity contribution >= 4 is 34.8 Å². The Bertz CT molecular complexity index is 1450. The van der Waals surface area contributed by atoms with Crippen molar-refractivity contribution in [1.82, 2.24) is 4.57 Å². The highest BCUT2D eigenvalue weighted by atomic mass is 16.5. The number of hydrogen-bond donors (Lipinski definition) is 1. The Labute approximate surface area is 201 Å². The van der Waals surface area contributed by atoms with Gasteiger partial charge < -0.3 is 14.3 Å². The number of rotatable bonds is 6. The summed E-state index contributed by atoms with van der Waals surface area (Å²) >= 11 is 0. The Morgan fingerprint density at radius 1 is 0.676 bits per heavy atom. The largest absolute Gasteiger partial charge is 0.427 e. The average molecular weight is 447 g/mol. The van der Waals surface area contributed by atoms with Crippen molar-refractivity contribution in [2.75, 3.05) is 0 Å². The first-order chi connectivity index (χ1) is 16.2. The maximum Gasteiger partial charge on any atom is 0.309 e. The SMILES string of the molecule is CC(C)(O)C(C)(C)OBc1ccc2c3ccccc3n(-c3ccc(-c4ccccc4)cc3)c2c1. The van der Waals surface area contributed by atoms with Crippen LogP contribution < -0.4 is 5.46 Å². The molecule has 0 spiro atoms. The molecule has 4 aromatic carbocycles. The summed E-state index contributed by atoms with van der Waals surface area (Å²) < 4.78 is 8.48. The monoisotopic (exact) mass is 447 g/mol. The molecule has 0 saturated heterocycles. The van der Waals surface area contributed by atoms with E-state index in [0.29, 0.717) is 7.48 Å². The van der Waals surface area contributed by atoms with Crippen LogP contribution in [0.15, 0.2) is 97.1 Å². The van der Waals surface area contributed by atoms with Crippen LogP contribution in [0.25, 0.3) is 38.6 Å². The van der Waals surface area contributed by atoms with Gasteiger partial charge in [-0.2, -0.15) is 0 Å². The minimum absolute atomic E-state index is 0.432. The van der Waals surface area contributed by atoms with Crippen LogP contribution in [0.4, 0.5) is 0 Å². The Hall–Kier alpha value is -3.34. The van der Waals surface area contributed by atoms with E-state index in [2.05, 4.69) is 95.6 Å². The van der Waals surface area contributed by atoms with Gasteiger partial charge in [0.1, 0.15) is 0 Å². The molecule has 34 heavy (non-hydrogen) atoms. The lowest BCUT2D eigenvalue weighted by Gasteiger charge is -2.37. The predicted molar refractivity (Wildman–Crippen MR) is 144 cm³/mol. The zero-order chi connectivity index (χ0) is 23.9. The number of para-hydroxylation sites is 1. The van der Waals surface area contributed by atoms with E-state index in [-0.39, 0.29) is 0 Å². The van der Waals surface area contributed by atoms with Gasteiger partial charge in [-0.05, 0) is 63.1 Å². The molecule has 1 N–H and O–H groups in total. The van der Waals surface area contributed by atoms with Crippen molar-refractivity contribution in [3.05, 3.63) is 97.1 Å². The van der Waals surface area contributed by atoms with Gasteiger partial charge in [0.15, 0.2) is 0 Å². The molecule has 0 aliphatic heterocycles. The molecule has 0 radical (unpaired) electrons. The topological polar surface area (TPSA) is 34.4 Å². The van der Waals surface area contributed by atoms with E-state index in [4.69, 9.17) is 4.65 Å². The number of hydrogen-bond acceptors (Lipinski definition) is 2. The molecule has 1 heterocycles. The first kappa shape index (κ1) is 22.5. The Morgan fingerprint density at radius 2 is 1.29 bits per heavy atom. The van der Waals surface area contributed by atoms with E-state index in [0.717, 1.165) is 16.7 Å². The van der Waals surface area contributed by atoms with Crippen LogP contribution in [0.1, 0.15) is 27.7 Å². The van der Waals surface area contributed by atoms with Gasteiger partial charge in [0.2, 0.25) is 0 Å². The molecule has 1 aromatic heterocycles. The normalized spacial score (nSPS) is 12.4. The van der Waals surface area contributed by atoms with E-state index in [1.165, 1.54) is 27.4 Å². The van der Waals surface area contributed by atoms with E-state index in [1.807, 2.05) is 19.9 Å². The van der Waals surface area contributed by atoms with Gasteiger partial charge in [-0.3, -0.25) is 0 Å². The van der Waals surface area contributed by atoms with E-state index in [9.17, 15) is 5.11 Å². The highest BCUT2D eigenvalue weighted by Crippen LogP contribution is 2.32. The number of aliphatic hydroxyl groups is 1. The summed E-state index contributed by atoms with van der Waals surface area (Å²) in [6, 6.07) is 34.2. The molecule has 170 valence electrons. The summed E-state index contributed by atoms with van der Waals surface area (Å²) in [4.78, 5) is 0. The molecule has 5 aromatic rings. The third-order valence-corrected chi connectivity index (χ3v) is 7.04. The van der Waals surface area contributed by atoms with E-state index >= 15 is 0 Å². The van der Waals surface area contributed by atoms with E-state index in [1.54, 1.807) is 13.8 Å². The summed E-state index contributed by atoms with van der Waals surface area (Å²) in [5, 5.41) is 12.9. The second kappa shape index (κ2) is 8.46. The lowest BCUT2D eigenvalue weighted by atomic mass is 9.82. The minimum Gasteiger partial charge on any atom is -0.427 e. The zero-order valence-electron chi connectivity index (χ0n) is 20.2. The van der Waals surface area contributed by atoms with Crippen LogP contribution >= 0.6 is 0 Å². The van der Waals surface area contributed by atoms with Gasteiger partial charge in [0.05, 0.1) is 22.2 Å². The molecule has 0 amide bonds. The van der Waals surface area contributed by atoms with Gasteiger partial charge >= 0.3 is 7.48 Å². The van der Waals surface area contributed by atoms with Crippen molar-refractivity contribution in [1.29, 1.82) is 0 Å². The van der Waals surface area contributed by atoms with Crippen LogP contribution in [-0.4, -0.2) is 28.4 Å². The summed E-state index contributed by atoms with van der Waals surface area (Å²) in [6.45, 7) is 7.42. The van der Waals surface area contributed by atoms with Crippen molar-refractivity contribution in [2.24, 2.45) is 0 Å². The highest BCUT2D eigenvalue weighted by molar-refractivity contribution is 6.47. The van der Waals surface area contributed by atoms with Gasteiger partial charge in [0, 0.05) is 16.5 Å². The lowest BCUT2D eigenvalue weighted by molar-refractivity contribution is -0.0893. The standard InChI is InChI=1S/C30H30BNO2/c1-29(2,33)30(3,4)34-31-23-16-19-26-25-12-8-9-13-27(25)32(28(26)20-23)24-17-14-22(15-18-24)21-10-6-5-7-11-21/h5-20,31,33H,1-4H3. The molecule has 0 unspecified atom stereocenters. The van der Waals surface area contributed by atoms with Gasteiger partial charge in [0.25, 0.3) is 0 Å². The van der Waals surface area contributed by atoms with Crippen LogP contribution in [0, 0.1) is 0 Å². The molecule has 0 aliphatic rings. The second-order valence-electron chi connectivity index (χ2n) is 9.97. The number of aromatic nitrogens is 1. The molecule has 0 saturated carbocycles. The summed E-state index contributed by atoms with van der Waals surface area (Å²) in [5.74, 6) is 0. The fraction of sp³-hybridized carbons (Fsp3) is 0.200. The van der Waals surface area contributed by atoms with Crippen molar-refractivity contribution in [2.45, 2.75) is 38.9 Å². The van der Waals surface area contributed by atoms with Gasteiger partial charge in [-0.1, -0.05) is 78.3 Å². The summed E-state index contributed by atoms with van der Waals surface area (Å²) in [5.41, 5.74) is 5.35. The fourth-order valence-corrected chi connectivity index (χ4v) is 4.26. The van der Waals surface area contributed by atoms with Crippen molar-refractivity contribution < 1.29 is 9.76 Å². The minimum atomic E-state index is -0.938. The van der Waals surface area contributed by atoms with Crippen LogP contribution in [0.5, 0.6) is 0 Å². The Kier molecular flexibility index (Phi) is 5.59. The second-order valence-corrected chi connectivity index (χ2v) is 9.97. The quantitative estimate of drug-likeness (QED) is 0.324. The van der Waals surface area contributed by atoms with Crippen LogP contribution in [-0.2, 0) is 4.65 Å². The molecule has 0 atom stereocenters. The first-order valence-corrected chi connectivity index (χ1v) is 11.8. The number of nitrogens with zero attached hydrogens (tertiary/aromatic N) is 1. The summed E-state index contributed by atoms with van der Waals surface area (Å²) in [6.07, 6.45) is 0. The smallest absolute Gasteiger partial charge is 0.309 e. The maximum atomic E-state index is 10.5. The molecule has 4 heteroatoms. The zero-order valence-corrected chi connectivity index (χ0v) is 20.2. The number of fused-ring (bicyclic) bond motifs is 3. The third kappa shape index (κ3) is 4.04. The molecule has 5 rings (SSSR count). The third-order valence-electron chi connectivity index (χ3n) is 7.04. The number of benzene rings is 4. The molecule has 0 fully saturated rings. The average Bonchev–Trinajstić information content (AvgIpc) is 3.16. The van der Waals surface area contributed by atoms with Gasteiger partial charge in [-0.25, -0.2) is 0 Å². The molecule has 3 nitrogen and oxygen atoms in total. The van der Waals surface area contributed by atoms with Gasteiger partial charge in [-0.15, -0.1) is 0 Å². The van der Waals surface area contributed by atoms with Crippen LogP contribution in [0.3, 0.4) is 0 Å². The summed E-state index contributed by atoms with van der Waals surface area (Å²) in [7, 11) is 0.432. The molecule has 0 aliphatic carbocycles. The Balaban J connectivity index is 1.58. The highest BCUT2D eigenvalue weighted by Gasteiger charge is 2.35. The van der Waals surface area contributed by atoms with E-state index < -0.39 is 11.2 Å². The molecular weight excluding hydrogens is 417 g/mol. The van der Waals surface area contributed by atoms with Crippen molar-refractivity contribution in [3.8, 4) is 16.8 Å². The first-order valence-electron chi connectivity index (χ1n) is 11.8. The van der Waals surface area contributed by atoms with Crippen molar-refractivity contribution in [3.63, 3.8) is 0 Å². The fourth-order valence-electron chi connectivity index (χ4n) is 4.26. The molecule has 0 bridgehead atoms. The maximum absolute atomic E-state index is 10.5. The Morgan fingerprint density at radius 3 is 2.00 bits per heavy atom.